The predicted octanol–water partition coefficient (Wildman–Crippen LogP) is 3.33. The normalized spacial score (nSPS) is 11.8. The molecule has 0 unspecified atom stereocenters. The van der Waals surface area contributed by atoms with Crippen LogP contribution in [0.1, 0.15) is 0 Å². The second-order valence-corrected chi connectivity index (χ2v) is 6.59. The molecule has 3 aromatic carbocycles. The van der Waals surface area contributed by atoms with Crippen LogP contribution in [0.2, 0.25) is 0 Å². The molecule has 6 heteroatoms. The largest absolute Gasteiger partial charge is 0.453 e. The smallest absolute Gasteiger partial charge is 0.171 e. The molecule has 28 heavy (non-hydrogen) atoms. The van der Waals surface area contributed by atoms with E-state index < -0.39 is 0 Å². The first-order chi connectivity index (χ1) is 13.5. The summed E-state index contributed by atoms with van der Waals surface area (Å²) < 4.78 is 6.17. The number of benzene rings is 3. The first kappa shape index (κ1) is 18.1. The summed E-state index contributed by atoms with van der Waals surface area (Å²) >= 11 is 0. The lowest BCUT2D eigenvalue weighted by molar-refractivity contribution is -0.251. The zero-order valence-corrected chi connectivity index (χ0v) is 15.6. The van der Waals surface area contributed by atoms with Crippen LogP contribution < -0.4 is 20.2 Å². The van der Waals surface area contributed by atoms with Crippen molar-refractivity contribution in [3.8, 4) is 11.5 Å². The van der Waals surface area contributed by atoms with Crippen LogP contribution in [0.3, 0.4) is 0 Å². The van der Waals surface area contributed by atoms with Crippen molar-refractivity contribution in [1.29, 1.82) is 0 Å². The van der Waals surface area contributed by atoms with Gasteiger partial charge in [-0.3, -0.25) is 0 Å². The monoisotopic (exact) mass is 370 g/mol. The molecule has 1 aliphatic rings. The van der Waals surface area contributed by atoms with Gasteiger partial charge < -0.3 is 14.5 Å². The minimum absolute atomic E-state index is 0.0300. The standard InChI is InChI=1S/C22H19BN2O3/c1-14-12-21-22(18-7-5-4-6-17(14)18)24-19-9-8-16(13-20(19)27-21)25(3)10-11-26-28-15(2)23/h4-9,12-13H,1-2,10-11H2,3H3. The number of fused-ring (bicyclic) bond motifs is 4. The summed E-state index contributed by atoms with van der Waals surface area (Å²) in [6.07, 6.45) is 0. The molecular weight excluding hydrogens is 351 g/mol. The van der Waals surface area contributed by atoms with Gasteiger partial charge in [0.15, 0.2) is 19.3 Å². The van der Waals surface area contributed by atoms with Crippen LogP contribution in [0.15, 0.2) is 65.8 Å². The molecular formula is C22H19BN2O3. The maximum Gasteiger partial charge on any atom is 0.171 e. The van der Waals surface area contributed by atoms with Crippen molar-refractivity contribution in [2.45, 2.75) is 0 Å². The first-order valence-electron chi connectivity index (χ1n) is 8.89. The molecule has 0 aliphatic carbocycles. The van der Waals surface area contributed by atoms with Gasteiger partial charge in [-0.25, -0.2) is 4.99 Å². The van der Waals surface area contributed by atoms with Gasteiger partial charge in [-0.15, -0.1) is 0 Å². The summed E-state index contributed by atoms with van der Waals surface area (Å²) in [5.41, 5.74) is 1.80. The quantitative estimate of drug-likeness (QED) is 0.172. The van der Waals surface area contributed by atoms with Gasteiger partial charge in [-0.05, 0) is 28.8 Å². The van der Waals surface area contributed by atoms with Gasteiger partial charge in [-0.2, -0.15) is 4.89 Å². The van der Waals surface area contributed by atoms with Crippen molar-refractivity contribution in [3.63, 3.8) is 0 Å². The van der Waals surface area contributed by atoms with E-state index in [1.54, 1.807) is 0 Å². The van der Waals surface area contributed by atoms with Crippen molar-refractivity contribution in [3.05, 3.63) is 71.3 Å². The summed E-state index contributed by atoms with van der Waals surface area (Å²) in [4.78, 5) is 16.5. The summed E-state index contributed by atoms with van der Waals surface area (Å²) in [6, 6.07) is 15.9. The van der Waals surface area contributed by atoms with Crippen molar-refractivity contribution in [2.75, 3.05) is 25.1 Å². The number of likely N-dealkylation sites (N-methyl/N-ethyl adjacent to an activating group) is 1. The van der Waals surface area contributed by atoms with Crippen LogP contribution in [0.25, 0.3) is 17.4 Å². The van der Waals surface area contributed by atoms with Crippen LogP contribution >= 0.6 is 0 Å². The van der Waals surface area contributed by atoms with E-state index in [-0.39, 0.29) is 5.66 Å². The molecule has 1 heterocycles. The highest BCUT2D eigenvalue weighted by Gasteiger charge is 2.16. The number of nitrogens with zero attached hydrogens (tertiary/aromatic N) is 2. The van der Waals surface area contributed by atoms with Gasteiger partial charge in [0.05, 0.1) is 5.66 Å². The summed E-state index contributed by atoms with van der Waals surface area (Å²) in [6.45, 7) is 8.50. The highest BCUT2D eigenvalue weighted by atomic mass is 17.2. The zero-order chi connectivity index (χ0) is 19.7. The Morgan fingerprint density at radius 2 is 1.93 bits per heavy atom. The van der Waals surface area contributed by atoms with Gasteiger partial charge in [0.25, 0.3) is 0 Å². The lowest BCUT2D eigenvalue weighted by Gasteiger charge is -2.22. The Bertz CT molecular complexity index is 1180. The van der Waals surface area contributed by atoms with Crippen molar-refractivity contribution < 1.29 is 14.5 Å². The fourth-order valence-electron chi connectivity index (χ4n) is 3.17. The second kappa shape index (κ2) is 7.41. The SMILES string of the molecule is [B]C(=C)OOCCN(C)c1ccc2c(c1)Oc1cc(=C)c3ccccc3c1=N2. The highest BCUT2D eigenvalue weighted by molar-refractivity contribution is 6.19. The molecule has 0 amide bonds. The van der Waals surface area contributed by atoms with Crippen LogP contribution in [0.5, 0.6) is 11.5 Å². The van der Waals surface area contributed by atoms with E-state index in [4.69, 9.17) is 27.4 Å². The predicted molar refractivity (Wildman–Crippen MR) is 112 cm³/mol. The lowest BCUT2D eigenvalue weighted by Crippen LogP contribution is -2.23. The van der Waals surface area contributed by atoms with Crippen molar-refractivity contribution in [2.24, 2.45) is 4.99 Å². The average Bonchev–Trinajstić information content (AvgIpc) is 2.69. The number of rotatable bonds is 6. The molecule has 0 aromatic heterocycles. The lowest BCUT2D eigenvalue weighted by atomic mass is 10.1. The van der Waals surface area contributed by atoms with Gasteiger partial charge >= 0.3 is 0 Å². The Morgan fingerprint density at radius 3 is 2.71 bits per heavy atom. The summed E-state index contributed by atoms with van der Waals surface area (Å²) in [5, 5.41) is 3.87. The molecule has 5 nitrogen and oxygen atoms in total. The topological polar surface area (TPSA) is 43.3 Å². The Hall–Kier alpha value is -3.25. The van der Waals surface area contributed by atoms with E-state index in [1.807, 2.05) is 60.5 Å². The van der Waals surface area contributed by atoms with Gasteiger partial charge in [0.2, 0.25) is 0 Å². The Labute approximate surface area is 164 Å². The number of anilines is 1. The fourth-order valence-corrected chi connectivity index (χ4v) is 3.17. The van der Waals surface area contributed by atoms with Crippen molar-refractivity contribution in [1.82, 2.24) is 0 Å². The molecule has 3 aromatic rings. The summed E-state index contributed by atoms with van der Waals surface area (Å²) in [5.74, 6) is 1.42. The number of hydrogen-bond acceptors (Lipinski definition) is 5. The van der Waals surface area contributed by atoms with E-state index in [9.17, 15) is 0 Å². The maximum atomic E-state index is 6.17. The third-order valence-electron chi connectivity index (χ3n) is 4.58. The Morgan fingerprint density at radius 1 is 1.14 bits per heavy atom. The van der Waals surface area contributed by atoms with Gasteiger partial charge in [-0.1, -0.05) is 37.4 Å². The van der Waals surface area contributed by atoms with E-state index >= 15 is 0 Å². The molecule has 0 saturated heterocycles. The molecule has 1 aliphatic heterocycles. The second-order valence-electron chi connectivity index (χ2n) is 6.59. The average molecular weight is 370 g/mol. The Balaban J connectivity index is 1.63. The van der Waals surface area contributed by atoms with Crippen LogP contribution in [0, 0.1) is 0 Å². The maximum absolute atomic E-state index is 6.17. The highest BCUT2D eigenvalue weighted by Crippen LogP contribution is 2.37. The molecule has 0 saturated carbocycles. The molecule has 4 rings (SSSR count). The molecule has 138 valence electrons. The van der Waals surface area contributed by atoms with Gasteiger partial charge in [0, 0.05) is 30.7 Å². The number of hydrogen-bond donors (Lipinski definition) is 0. The first-order valence-corrected chi connectivity index (χ1v) is 8.89. The fraction of sp³-hybridized carbons (Fsp3) is 0.136. The molecule has 2 radical (unpaired) electrons. The van der Waals surface area contributed by atoms with Crippen molar-refractivity contribution >= 4 is 36.6 Å². The van der Waals surface area contributed by atoms with Gasteiger partial charge in [0.1, 0.15) is 17.7 Å². The number of ether oxygens (including phenoxy) is 1. The van der Waals surface area contributed by atoms with E-state index in [0.717, 1.165) is 32.7 Å². The molecule has 0 atom stereocenters. The molecule has 0 bridgehead atoms. The van der Waals surface area contributed by atoms with Crippen LogP contribution in [0.4, 0.5) is 11.4 Å². The van der Waals surface area contributed by atoms with E-state index in [1.165, 1.54) is 0 Å². The van der Waals surface area contributed by atoms with Crippen LogP contribution in [-0.2, 0) is 9.78 Å². The molecule has 0 spiro atoms. The summed E-state index contributed by atoms with van der Waals surface area (Å²) in [7, 11) is 7.25. The molecule has 0 N–H and O–H groups in total. The Kier molecular flexibility index (Phi) is 4.80. The van der Waals surface area contributed by atoms with E-state index in [2.05, 4.69) is 13.2 Å². The van der Waals surface area contributed by atoms with E-state index in [0.29, 0.717) is 24.7 Å². The minimum atomic E-state index is 0.0300. The minimum Gasteiger partial charge on any atom is -0.453 e. The third kappa shape index (κ3) is 3.46. The zero-order valence-electron chi connectivity index (χ0n) is 15.6. The molecule has 0 fully saturated rings. The van der Waals surface area contributed by atoms with Crippen LogP contribution in [-0.4, -0.2) is 28.0 Å². The third-order valence-corrected chi connectivity index (χ3v) is 4.58.